The molecule has 1 aromatic rings. The fraction of sp³-hybridized carbons (Fsp3) is 0.538. The molecule has 0 spiro atoms. The van der Waals surface area contributed by atoms with E-state index in [4.69, 9.17) is 9.47 Å². The van der Waals surface area contributed by atoms with Crippen molar-refractivity contribution in [3.8, 4) is 11.5 Å². The quantitative estimate of drug-likeness (QED) is 0.846. The van der Waals surface area contributed by atoms with Crippen molar-refractivity contribution in [2.75, 3.05) is 27.8 Å². The van der Waals surface area contributed by atoms with Crippen molar-refractivity contribution in [2.45, 2.75) is 19.6 Å². The Bertz CT molecular complexity index is 431. The third kappa shape index (κ3) is 1.98. The first-order valence-electron chi connectivity index (χ1n) is 5.69. The Hall–Kier alpha value is -1.26. The zero-order chi connectivity index (χ0) is 12.6. The number of likely N-dealkylation sites (N-methyl/N-ethyl adjacent to an activating group) is 1. The lowest BCUT2D eigenvalue weighted by atomic mass is 9.92. The normalized spacial score (nSPS) is 19.9. The number of aliphatic hydroxyl groups excluding tert-OH is 1. The number of rotatable bonds is 2. The number of aliphatic hydroxyl groups is 1. The third-order valence-electron chi connectivity index (χ3n) is 3.35. The second-order valence-corrected chi connectivity index (χ2v) is 4.52. The van der Waals surface area contributed by atoms with Crippen molar-refractivity contribution in [3.05, 3.63) is 22.8 Å². The van der Waals surface area contributed by atoms with E-state index in [1.807, 2.05) is 20.0 Å². The fourth-order valence-electron chi connectivity index (χ4n) is 2.47. The van der Waals surface area contributed by atoms with Gasteiger partial charge in [0.15, 0.2) is 11.5 Å². The van der Waals surface area contributed by atoms with E-state index in [-0.39, 0.29) is 0 Å². The summed E-state index contributed by atoms with van der Waals surface area (Å²) in [7, 11) is 5.26. The van der Waals surface area contributed by atoms with Gasteiger partial charge < -0.3 is 14.6 Å². The SMILES string of the molecule is COc1cc2c(c(C)c1OC)CN(C)CC2O. The van der Waals surface area contributed by atoms with Crippen LogP contribution in [0.5, 0.6) is 11.5 Å². The van der Waals surface area contributed by atoms with Gasteiger partial charge in [0.1, 0.15) is 0 Å². The molecular formula is C13H19NO3. The summed E-state index contributed by atoms with van der Waals surface area (Å²) in [6.45, 7) is 3.49. The summed E-state index contributed by atoms with van der Waals surface area (Å²) in [5.41, 5.74) is 3.15. The van der Waals surface area contributed by atoms with Crippen LogP contribution in [0.4, 0.5) is 0 Å². The van der Waals surface area contributed by atoms with Crippen LogP contribution in [0.3, 0.4) is 0 Å². The van der Waals surface area contributed by atoms with Crippen molar-refractivity contribution in [3.63, 3.8) is 0 Å². The Morgan fingerprint density at radius 2 is 2.06 bits per heavy atom. The standard InChI is InChI=1S/C13H19NO3/c1-8-10-6-14(2)7-11(15)9(10)5-12(16-3)13(8)17-4/h5,11,15H,6-7H2,1-4H3. The zero-order valence-electron chi connectivity index (χ0n) is 10.8. The first kappa shape index (κ1) is 12.2. The minimum Gasteiger partial charge on any atom is -0.493 e. The van der Waals surface area contributed by atoms with Crippen LogP contribution in [-0.4, -0.2) is 37.8 Å². The maximum absolute atomic E-state index is 10.1. The lowest BCUT2D eigenvalue weighted by molar-refractivity contribution is 0.107. The number of methoxy groups -OCH3 is 2. The van der Waals surface area contributed by atoms with Crippen LogP contribution in [0, 0.1) is 6.92 Å². The molecule has 1 N–H and O–H groups in total. The van der Waals surface area contributed by atoms with E-state index in [1.54, 1.807) is 14.2 Å². The van der Waals surface area contributed by atoms with Gasteiger partial charge in [-0.05, 0) is 36.7 Å². The minimum absolute atomic E-state index is 0.456. The highest BCUT2D eigenvalue weighted by molar-refractivity contribution is 5.55. The Morgan fingerprint density at radius 3 is 2.65 bits per heavy atom. The van der Waals surface area contributed by atoms with Crippen molar-refractivity contribution < 1.29 is 14.6 Å². The van der Waals surface area contributed by atoms with E-state index in [2.05, 4.69) is 4.90 Å². The van der Waals surface area contributed by atoms with Crippen LogP contribution >= 0.6 is 0 Å². The van der Waals surface area contributed by atoms with Gasteiger partial charge in [-0.2, -0.15) is 0 Å². The number of β-amino-alcohol motifs (C(OH)–C–C–N with tert-alkyl or cyclic N) is 1. The van der Waals surface area contributed by atoms with Gasteiger partial charge in [-0.25, -0.2) is 0 Å². The molecule has 17 heavy (non-hydrogen) atoms. The topological polar surface area (TPSA) is 41.9 Å². The van der Waals surface area contributed by atoms with Crippen molar-refractivity contribution in [2.24, 2.45) is 0 Å². The molecule has 1 unspecified atom stereocenters. The van der Waals surface area contributed by atoms with Crippen molar-refractivity contribution >= 4 is 0 Å². The van der Waals surface area contributed by atoms with Crippen LogP contribution < -0.4 is 9.47 Å². The lowest BCUT2D eigenvalue weighted by Crippen LogP contribution is -2.31. The molecule has 0 radical (unpaired) electrons. The molecule has 1 atom stereocenters. The molecule has 0 amide bonds. The van der Waals surface area contributed by atoms with Gasteiger partial charge in [-0.15, -0.1) is 0 Å². The number of hydrogen-bond acceptors (Lipinski definition) is 4. The predicted octanol–water partition coefficient (Wildman–Crippen LogP) is 1.49. The molecule has 2 rings (SSSR count). The van der Waals surface area contributed by atoms with Gasteiger partial charge >= 0.3 is 0 Å². The number of fused-ring (bicyclic) bond motifs is 1. The molecule has 0 saturated heterocycles. The van der Waals surface area contributed by atoms with Gasteiger partial charge in [-0.1, -0.05) is 0 Å². The zero-order valence-corrected chi connectivity index (χ0v) is 10.8. The van der Waals surface area contributed by atoms with E-state index in [0.29, 0.717) is 12.3 Å². The molecule has 4 heteroatoms. The molecule has 0 aliphatic carbocycles. The van der Waals surface area contributed by atoms with Gasteiger partial charge in [0.25, 0.3) is 0 Å². The minimum atomic E-state index is -0.456. The molecular weight excluding hydrogens is 218 g/mol. The Labute approximate surface area is 102 Å². The van der Waals surface area contributed by atoms with Crippen LogP contribution in [0.15, 0.2) is 6.07 Å². The first-order chi connectivity index (χ1) is 8.08. The molecule has 0 fully saturated rings. The van der Waals surface area contributed by atoms with Crippen molar-refractivity contribution in [1.82, 2.24) is 4.90 Å². The Kier molecular flexibility index (Phi) is 3.26. The second kappa shape index (κ2) is 4.55. The molecule has 1 aromatic carbocycles. The highest BCUT2D eigenvalue weighted by atomic mass is 16.5. The smallest absolute Gasteiger partial charge is 0.163 e. The highest BCUT2D eigenvalue weighted by Gasteiger charge is 2.26. The molecule has 94 valence electrons. The summed E-state index contributed by atoms with van der Waals surface area (Å²) >= 11 is 0. The Morgan fingerprint density at radius 1 is 1.35 bits per heavy atom. The van der Waals surface area contributed by atoms with E-state index in [0.717, 1.165) is 29.0 Å². The highest BCUT2D eigenvalue weighted by Crippen LogP contribution is 2.39. The van der Waals surface area contributed by atoms with Crippen LogP contribution in [0.1, 0.15) is 22.8 Å². The molecule has 1 aliphatic rings. The van der Waals surface area contributed by atoms with Gasteiger partial charge in [0.2, 0.25) is 0 Å². The summed E-state index contributed by atoms with van der Waals surface area (Å²) in [5.74, 6) is 1.45. The Balaban J connectivity index is 2.60. The first-order valence-corrected chi connectivity index (χ1v) is 5.69. The average molecular weight is 237 g/mol. The summed E-state index contributed by atoms with van der Waals surface area (Å²) in [6, 6.07) is 1.89. The number of ether oxygens (including phenoxy) is 2. The van der Waals surface area contributed by atoms with Gasteiger partial charge in [-0.3, -0.25) is 4.90 Å². The third-order valence-corrected chi connectivity index (χ3v) is 3.35. The monoisotopic (exact) mass is 237 g/mol. The van der Waals surface area contributed by atoms with Gasteiger partial charge in [0, 0.05) is 13.1 Å². The largest absolute Gasteiger partial charge is 0.493 e. The maximum atomic E-state index is 10.1. The summed E-state index contributed by atoms with van der Waals surface area (Å²) in [6.07, 6.45) is -0.456. The van der Waals surface area contributed by atoms with Crippen molar-refractivity contribution in [1.29, 1.82) is 0 Å². The van der Waals surface area contributed by atoms with E-state index in [1.165, 1.54) is 0 Å². The second-order valence-electron chi connectivity index (χ2n) is 4.52. The molecule has 0 saturated carbocycles. The predicted molar refractivity (Wildman–Crippen MR) is 65.6 cm³/mol. The van der Waals surface area contributed by atoms with E-state index in [9.17, 15) is 5.11 Å². The lowest BCUT2D eigenvalue weighted by Gasteiger charge is -2.31. The molecule has 0 aromatic heterocycles. The number of hydrogen-bond donors (Lipinski definition) is 1. The average Bonchev–Trinajstić information content (AvgIpc) is 2.30. The summed E-state index contributed by atoms with van der Waals surface area (Å²) in [4.78, 5) is 2.10. The van der Waals surface area contributed by atoms with Crippen LogP contribution in [-0.2, 0) is 6.54 Å². The molecule has 0 bridgehead atoms. The van der Waals surface area contributed by atoms with Crippen LogP contribution in [0.2, 0.25) is 0 Å². The molecule has 1 aliphatic heterocycles. The summed E-state index contributed by atoms with van der Waals surface area (Å²) < 4.78 is 10.7. The summed E-state index contributed by atoms with van der Waals surface area (Å²) in [5, 5.41) is 10.1. The number of nitrogens with zero attached hydrogens (tertiary/aromatic N) is 1. The fourth-order valence-corrected chi connectivity index (χ4v) is 2.47. The van der Waals surface area contributed by atoms with Crippen LogP contribution in [0.25, 0.3) is 0 Å². The molecule has 4 nitrogen and oxygen atoms in total. The van der Waals surface area contributed by atoms with E-state index >= 15 is 0 Å². The molecule has 1 heterocycles. The van der Waals surface area contributed by atoms with Gasteiger partial charge in [0.05, 0.1) is 20.3 Å². The number of benzene rings is 1. The maximum Gasteiger partial charge on any atom is 0.163 e. The van der Waals surface area contributed by atoms with E-state index < -0.39 is 6.10 Å².